The van der Waals surface area contributed by atoms with E-state index in [0.29, 0.717) is 24.5 Å². The molecule has 2 aromatic carbocycles. The van der Waals surface area contributed by atoms with Gasteiger partial charge in [-0.05, 0) is 59.3 Å². The first-order valence-corrected chi connectivity index (χ1v) is 10.3. The third kappa shape index (κ3) is 3.44. The van der Waals surface area contributed by atoms with Crippen molar-refractivity contribution in [1.82, 2.24) is 4.57 Å². The number of hydrogen-bond donors (Lipinski definition) is 0. The molecule has 0 radical (unpaired) electrons. The maximum absolute atomic E-state index is 12.9. The normalized spacial score (nSPS) is 13.3. The largest absolute Gasteiger partial charge is 0.497 e. The predicted molar refractivity (Wildman–Crippen MR) is 116 cm³/mol. The van der Waals surface area contributed by atoms with E-state index in [1.54, 1.807) is 14.2 Å². The number of halogens is 1. The molecule has 152 valence electrons. The minimum atomic E-state index is -0.299. The van der Waals surface area contributed by atoms with Crippen LogP contribution in [0.3, 0.4) is 0 Å². The quantitative estimate of drug-likeness (QED) is 0.522. The molecule has 0 unspecified atom stereocenters. The lowest BCUT2D eigenvalue weighted by Crippen LogP contribution is -2.34. The van der Waals surface area contributed by atoms with Crippen LogP contribution in [0.4, 0.5) is 5.69 Å². The van der Waals surface area contributed by atoms with E-state index in [1.807, 2.05) is 43.3 Å². The van der Waals surface area contributed by atoms with Crippen molar-refractivity contribution in [3.05, 3.63) is 52.1 Å². The summed E-state index contributed by atoms with van der Waals surface area (Å²) in [5.41, 5.74) is 3.67. The minimum absolute atomic E-state index is 0.299. The van der Waals surface area contributed by atoms with Gasteiger partial charge in [-0.1, -0.05) is 0 Å². The number of rotatable bonds is 5. The van der Waals surface area contributed by atoms with E-state index in [2.05, 4.69) is 25.4 Å². The number of esters is 1. The lowest BCUT2D eigenvalue weighted by atomic mass is 10.1. The van der Waals surface area contributed by atoms with Crippen molar-refractivity contribution >= 4 is 38.5 Å². The van der Waals surface area contributed by atoms with Gasteiger partial charge in [0.05, 0.1) is 48.6 Å². The van der Waals surface area contributed by atoms with Crippen molar-refractivity contribution in [3.8, 4) is 11.5 Å². The fourth-order valence-electron chi connectivity index (χ4n) is 3.90. The smallest absolute Gasteiger partial charge is 0.340 e. The molecule has 1 aliphatic rings. The number of hydrogen-bond acceptors (Lipinski definition) is 5. The average Bonchev–Trinajstić information content (AvgIpc) is 3.05. The lowest BCUT2D eigenvalue weighted by Gasteiger charge is -2.31. The fourth-order valence-corrected chi connectivity index (χ4v) is 4.40. The van der Waals surface area contributed by atoms with Crippen molar-refractivity contribution < 1.29 is 19.0 Å². The molecular weight excluding hydrogens is 436 g/mol. The zero-order valence-corrected chi connectivity index (χ0v) is 18.3. The van der Waals surface area contributed by atoms with Crippen LogP contribution in [0.1, 0.15) is 23.0 Å². The number of nitrogens with zero attached hydrogens (tertiary/aromatic N) is 2. The van der Waals surface area contributed by atoms with Crippen molar-refractivity contribution in [3.63, 3.8) is 0 Å². The number of anilines is 1. The molecular formula is C22H23BrN2O4. The van der Waals surface area contributed by atoms with Gasteiger partial charge < -0.3 is 23.7 Å². The van der Waals surface area contributed by atoms with E-state index in [4.69, 9.17) is 14.2 Å². The molecule has 4 rings (SSSR count). The highest BCUT2D eigenvalue weighted by molar-refractivity contribution is 9.10. The van der Waals surface area contributed by atoms with Crippen LogP contribution in [0, 0.1) is 0 Å². The fraction of sp³-hybridized carbons (Fsp3) is 0.318. The highest BCUT2D eigenvalue weighted by Crippen LogP contribution is 2.37. The molecule has 0 saturated heterocycles. The molecule has 3 aromatic rings. The molecule has 0 aliphatic carbocycles. The number of methoxy groups -OCH3 is 2. The average molecular weight is 459 g/mol. The van der Waals surface area contributed by atoms with Gasteiger partial charge in [0.1, 0.15) is 11.5 Å². The van der Waals surface area contributed by atoms with Crippen molar-refractivity contribution in [2.45, 2.75) is 20.0 Å². The van der Waals surface area contributed by atoms with E-state index in [9.17, 15) is 4.79 Å². The van der Waals surface area contributed by atoms with Gasteiger partial charge in [-0.15, -0.1) is 0 Å². The highest BCUT2D eigenvalue weighted by atomic mass is 79.9. The predicted octanol–water partition coefficient (Wildman–Crippen LogP) is 4.62. The summed E-state index contributed by atoms with van der Waals surface area (Å²) in [5, 5.41) is 0.857. The topological polar surface area (TPSA) is 52.9 Å². The first kappa shape index (κ1) is 19.6. The van der Waals surface area contributed by atoms with Crippen molar-refractivity contribution in [1.29, 1.82) is 0 Å². The first-order valence-electron chi connectivity index (χ1n) is 9.52. The van der Waals surface area contributed by atoms with Gasteiger partial charge in [0.2, 0.25) is 0 Å². The zero-order valence-electron chi connectivity index (χ0n) is 16.7. The van der Waals surface area contributed by atoms with Gasteiger partial charge >= 0.3 is 5.97 Å². The number of benzene rings is 2. The Kier molecular flexibility index (Phi) is 5.41. The van der Waals surface area contributed by atoms with Crippen LogP contribution in [0.25, 0.3) is 10.9 Å². The van der Waals surface area contributed by atoms with Crippen LogP contribution < -0.4 is 14.4 Å². The summed E-state index contributed by atoms with van der Waals surface area (Å²) >= 11 is 3.57. The van der Waals surface area contributed by atoms with E-state index < -0.39 is 0 Å². The molecule has 1 aliphatic heterocycles. The Labute approximate surface area is 178 Å². The molecule has 0 bridgehead atoms. The second-order valence-electron chi connectivity index (χ2n) is 6.82. The molecule has 1 aromatic heterocycles. The van der Waals surface area contributed by atoms with Crippen LogP contribution in [-0.4, -0.2) is 37.9 Å². The first-order chi connectivity index (χ1) is 14.1. The summed E-state index contributed by atoms with van der Waals surface area (Å²) in [7, 11) is 3.28. The number of fused-ring (bicyclic) bond motifs is 3. The Hall–Kier alpha value is -2.67. The Morgan fingerprint density at radius 1 is 1.10 bits per heavy atom. The molecule has 7 heteroatoms. The van der Waals surface area contributed by atoms with Gasteiger partial charge in [-0.25, -0.2) is 4.79 Å². The number of aromatic nitrogens is 1. The van der Waals surface area contributed by atoms with Crippen LogP contribution in [0.15, 0.2) is 40.9 Å². The van der Waals surface area contributed by atoms with E-state index in [-0.39, 0.29) is 5.97 Å². The van der Waals surface area contributed by atoms with Crippen LogP contribution >= 0.6 is 15.9 Å². The molecule has 0 atom stereocenters. The van der Waals surface area contributed by atoms with Crippen LogP contribution in [0.2, 0.25) is 0 Å². The van der Waals surface area contributed by atoms with Crippen molar-refractivity contribution in [2.75, 3.05) is 32.3 Å². The summed E-state index contributed by atoms with van der Waals surface area (Å²) in [6, 6.07) is 11.9. The molecule has 0 fully saturated rings. The SMILES string of the molecule is CCOC(=O)c1c2n(c3cc(Br)c(OC)cc13)CCN(c1ccc(OC)cc1)C2. The number of carbonyl (C=O) groups excluding carboxylic acids is 1. The number of carbonyl (C=O) groups is 1. The Bertz CT molecular complexity index is 1060. The molecule has 0 spiro atoms. The maximum Gasteiger partial charge on any atom is 0.340 e. The van der Waals surface area contributed by atoms with Gasteiger partial charge in [0.25, 0.3) is 0 Å². The Balaban J connectivity index is 1.82. The summed E-state index contributed by atoms with van der Waals surface area (Å²) in [6.45, 7) is 4.39. The Morgan fingerprint density at radius 2 is 1.86 bits per heavy atom. The summed E-state index contributed by atoms with van der Waals surface area (Å²) in [6.07, 6.45) is 0. The minimum Gasteiger partial charge on any atom is -0.497 e. The number of ether oxygens (including phenoxy) is 3. The van der Waals surface area contributed by atoms with Gasteiger partial charge in [0.15, 0.2) is 0 Å². The monoisotopic (exact) mass is 458 g/mol. The lowest BCUT2D eigenvalue weighted by molar-refractivity contribution is 0.0527. The molecule has 29 heavy (non-hydrogen) atoms. The second kappa shape index (κ2) is 7.99. The molecule has 0 N–H and O–H groups in total. The van der Waals surface area contributed by atoms with E-state index >= 15 is 0 Å². The highest BCUT2D eigenvalue weighted by Gasteiger charge is 2.29. The second-order valence-corrected chi connectivity index (χ2v) is 7.67. The van der Waals surface area contributed by atoms with Crippen molar-refractivity contribution in [2.24, 2.45) is 0 Å². The molecule has 6 nitrogen and oxygen atoms in total. The van der Waals surface area contributed by atoms with Gasteiger partial charge in [-0.3, -0.25) is 0 Å². The summed E-state index contributed by atoms with van der Waals surface area (Å²) in [4.78, 5) is 15.1. The van der Waals surface area contributed by atoms with E-state index in [1.165, 1.54) is 0 Å². The van der Waals surface area contributed by atoms with Crippen LogP contribution in [0.5, 0.6) is 11.5 Å². The maximum atomic E-state index is 12.9. The van der Waals surface area contributed by atoms with Gasteiger partial charge in [0, 0.05) is 24.2 Å². The third-order valence-corrected chi connectivity index (χ3v) is 5.92. The molecule has 2 heterocycles. The zero-order chi connectivity index (χ0) is 20.5. The summed E-state index contributed by atoms with van der Waals surface area (Å²) < 4.78 is 19.2. The van der Waals surface area contributed by atoms with Gasteiger partial charge in [-0.2, -0.15) is 0 Å². The Morgan fingerprint density at radius 3 is 2.52 bits per heavy atom. The molecule has 0 saturated carbocycles. The van der Waals surface area contributed by atoms with Crippen LogP contribution in [-0.2, 0) is 17.8 Å². The van der Waals surface area contributed by atoms with E-state index in [0.717, 1.165) is 45.6 Å². The summed E-state index contributed by atoms with van der Waals surface area (Å²) in [5.74, 6) is 1.22. The third-order valence-electron chi connectivity index (χ3n) is 5.30. The molecule has 0 amide bonds. The standard InChI is InChI=1S/C22H23BrN2O4/c1-4-29-22(26)21-16-11-20(28-3)17(23)12-18(16)25-10-9-24(13-19(21)25)14-5-7-15(27-2)8-6-14/h5-8,11-12H,4,9-10,13H2,1-3H3.